The number of hydrogen-bond acceptors (Lipinski definition) is 2. The van der Waals surface area contributed by atoms with Gasteiger partial charge in [-0.15, -0.1) is 6.58 Å². The van der Waals surface area contributed by atoms with Gasteiger partial charge in [-0.3, -0.25) is 4.72 Å². The van der Waals surface area contributed by atoms with Crippen LogP contribution in [0.4, 0.5) is 4.39 Å². The third-order valence-corrected chi connectivity index (χ3v) is 3.98. The molecule has 0 amide bonds. The topological polar surface area (TPSA) is 12.0 Å². The van der Waals surface area contributed by atoms with Crippen LogP contribution in [-0.4, -0.2) is 4.75 Å². The Morgan fingerprint density at radius 3 is 2.72 bits per heavy atom. The Balaban J connectivity index is 2.89. The molecule has 1 N–H and O–H groups in total. The lowest BCUT2D eigenvalue weighted by Gasteiger charge is -2.24. The standard InChI is InChI=1S/C14H19BrFNS/c1-5-6-13(17-18-14(2,3)4)11-9-10(16)7-8-12(11)15/h5,7-9,13,17H,1,6H2,2-4H3. The molecule has 0 bridgehead atoms. The van der Waals surface area contributed by atoms with Crippen LogP contribution >= 0.6 is 27.9 Å². The van der Waals surface area contributed by atoms with Crippen LogP contribution in [-0.2, 0) is 0 Å². The molecule has 0 aliphatic heterocycles. The minimum Gasteiger partial charge on any atom is -0.256 e. The Hall–Kier alpha value is -0.320. The highest BCUT2D eigenvalue weighted by Gasteiger charge is 2.18. The average molecular weight is 332 g/mol. The molecule has 0 heterocycles. The summed E-state index contributed by atoms with van der Waals surface area (Å²) in [5, 5.41) is 0. The summed E-state index contributed by atoms with van der Waals surface area (Å²) < 4.78 is 17.8. The van der Waals surface area contributed by atoms with Crippen molar-refractivity contribution in [1.82, 2.24) is 4.72 Å². The first-order valence-corrected chi connectivity index (χ1v) is 7.44. The summed E-state index contributed by atoms with van der Waals surface area (Å²) in [6, 6.07) is 4.81. The summed E-state index contributed by atoms with van der Waals surface area (Å²) in [7, 11) is 0. The molecule has 0 fully saturated rings. The van der Waals surface area contributed by atoms with E-state index in [0.717, 1.165) is 16.5 Å². The molecule has 1 rings (SSSR count). The van der Waals surface area contributed by atoms with Gasteiger partial charge >= 0.3 is 0 Å². The Bertz CT molecular complexity index is 415. The number of nitrogens with one attached hydrogen (secondary N) is 1. The predicted octanol–water partition coefficient (Wildman–Crippen LogP) is 5.24. The highest BCUT2D eigenvalue weighted by molar-refractivity contribution is 9.10. The third-order valence-electron chi connectivity index (χ3n) is 2.24. The zero-order valence-electron chi connectivity index (χ0n) is 11.0. The first kappa shape index (κ1) is 15.7. The maximum Gasteiger partial charge on any atom is 0.123 e. The van der Waals surface area contributed by atoms with Crippen LogP contribution in [0.2, 0.25) is 0 Å². The van der Waals surface area contributed by atoms with E-state index in [2.05, 4.69) is 48.0 Å². The Morgan fingerprint density at radius 2 is 2.17 bits per heavy atom. The summed E-state index contributed by atoms with van der Waals surface area (Å²) >= 11 is 5.12. The molecule has 0 aliphatic carbocycles. The van der Waals surface area contributed by atoms with Gasteiger partial charge in [0.25, 0.3) is 0 Å². The summed E-state index contributed by atoms with van der Waals surface area (Å²) in [5.41, 5.74) is 0.923. The fraction of sp³-hybridized carbons (Fsp3) is 0.429. The van der Waals surface area contributed by atoms with E-state index in [1.165, 1.54) is 6.07 Å². The van der Waals surface area contributed by atoms with Gasteiger partial charge in [-0.05, 0) is 51.0 Å². The van der Waals surface area contributed by atoms with Crippen molar-refractivity contribution in [2.75, 3.05) is 0 Å². The van der Waals surface area contributed by atoms with Crippen LogP contribution in [0.5, 0.6) is 0 Å². The fourth-order valence-corrected chi connectivity index (χ4v) is 2.68. The van der Waals surface area contributed by atoms with E-state index in [0.29, 0.717) is 0 Å². The summed E-state index contributed by atoms with van der Waals surface area (Å²) in [6.45, 7) is 10.2. The molecule has 4 heteroatoms. The Labute approximate surface area is 122 Å². The van der Waals surface area contributed by atoms with Gasteiger partial charge in [-0.2, -0.15) is 0 Å². The minimum absolute atomic E-state index is 0.0526. The smallest absolute Gasteiger partial charge is 0.123 e. The summed E-state index contributed by atoms with van der Waals surface area (Å²) in [6.07, 6.45) is 2.60. The number of halogens is 2. The zero-order chi connectivity index (χ0) is 13.8. The molecule has 0 spiro atoms. The lowest BCUT2D eigenvalue weighted by atomic mass is 10.0. The van der Waals surface area contributed by atoms with Crippen LogP contribution in [0.1, 0.15) is 38.8 Å². The maximum absolute atomic E-state index is 13.3. The van der Waals surface area contributed by atoms with Crippen molar-refractivity contribution in [2.24, 2.45) is 0 Å². The van der Waals surface area contributed by atoms with Crippen molar-refractivity contribution in [3.8, 4) is 0 Å². The quantitative estimate of drug-likeness (QED) is 0.584. The van der Waals surface area contributed by atoms with E-state index in [-0.39, 0.29) is 16.6 Å². The first-order valence-electron chi connectivity index (χ1n) is 5.83. The van der Waals surface area contributed by atoms with E-state index in [1.54, 1.807) is 24.1 Å². The largest absolute Gasteiger partial charge is 0.256 e. The van der Waals surface area contributed by atoms with E-state index < -0.39 is 0 Å². The molecular weight excluding hydrogens is 313 g/mol. The van der Waals surface area contributed by atoms with Crippen LogP contribution in [0.25, 0.3) is 0 Å². The Kier molecular flexibility index (Phi) is 5.89. The van der Waals surface area contributed by atoms with Gasteiger partial charge in [0.15, 0.2) is 0 Å². The van der Waals surface area contributed by atoms with E-state index in [9.17, 15) is 4.39 Å². The molecule has 1 unspecified atom stereocenters. The van der Waals surface area contributed by atoms with Crippen LogP contribution in [0.15, 0.2) is 35.3 Å². The second kappa shape index (κ2) is 6.73. The van der Waals surface area contributed by atoms with Gasteiger partial charge in [-0.1, -0.05) is 34.0 Å². The summed E-state index contributed by atoms with van der Waals surface area (Å²) in [5.74, 6) is -0.218. The van der Waals surface area contributed by atoms with Gasteiger partial charge in [0.2, 0.25) is 0 Å². The number of rotatable bonds is 5. The molecular formula is C14H19BrFNS. The van der Waals surface area contributed by atoms with Gasteiger partial charge in [0, 0.05) is 15.3 Å². The summed E-state index contributed by atoms with van der Waals surface area (Å²) in [4.78, 5) is 0. The SMILES string of the molecule is C=CCC(NSC(C)(C)C)c1cc(F)ccc1Br. The van der Waals surface area contributed by atoms with Gasteiger partial charge in [0.05, 0.1) is 0 Å². The average Bonchev–Trinajstić information content (AvgIpc) is 2.26. The first-order chi connectivity index (χ1) is 8.33. The fourth-order valence-electron chi connectivity index (χ4n) is 1.43. The van der Waals surface area contributed by atoms with Crippen molar-refractivity contribution in [3.05, 3.63) is 46.7 Å². The van der Waals surface area contributed by atoms with Gasteiger partial charge in [0.1, 0.15) is 5.82 Å². The lowest BCUT2D eigenvalue weighted by molar-refractivity contribution is 0.612. The second-order valence-corrected chi connectivity index (χ2v) is 7.59. The van der Waals surface area contributed by atoms with Crippen LogP contribution in [0, 0.1) is 5.82 Å². The van der Waals surface area contributed by atoms with E-state index in [4.69, 9.17) is 0 Å². The number of hydrogen-bond donors (Lipinski definition) is 1. The molecule has 1 aromatic rings. The normalized spacial score (nSPS) is 13.4. The van der Waals surface area contributed by atoms with Crippen molar-refractivity contribution >= 4 is 27.9 Å². The molecule has 0 radical (unpaired) electrons. The van der Waals surface area contributed by atoms with Crippen molar-refractivity contribution in [3.63, 3.8) is 0 Å². The molecule has 18 heavy (non-hydrogen) atoms. The van der Waals surface area contributed by atoms with E-state index >= 15 is 0 Å². The predicted molar refractivity (Wildman–Crippen MR) is 82.1 cm³/mol. The molecule has 0 saturated carbocycles. The van der Waals surface area contributed by atoms with Crippen molar-refractivity contribution < 1.29 is 4.39 Å². The molecule has 0 saturated heterocycles. The monoisotopic (exact) mass is 331 g/mol. The van der Waals surface area contributed by atoms with Crippen LogP contribution < -0.4 is 4.72 Å². The molecule has 1 atom stereocenters. The zero-order valence-corrected chi connectivity index (χ0v) is 13.4. The van der Waals surface area contributed by atoms with Crippen molar-refractivity contribution in [2.45, 2.75) is 38.0 Å². The molecule has 1 aromatic carbocycles. The van der Waals surface area contributed by atoms with E-state index in [1.807, 2.05) is 6.08 Å². The lowest BCUT2D eigenvalue weighted by Crippen LogP contribution is -2.21. The molecule has 0 aliphatic rings. The minimum atomic E-state index is -0.218. The maximum atomic E-state index is 13.3. The number of benzene rings is 1. The van der Waals surface area contributed by atoms with Gasteiger partial charge < -0.3 is 0 Å². The molecule has 100 valence electrons. The highest BCUT2D eigenvalue weighted by atomic mass is 79.9. The van der Waals surface area contributed by atoms with Gasteiger partial charge in [-0.25, -0.2) is 4.39 Å². The highest BCUT2D eigenvalue weighted by Crippen LogP contribution is 2.31. The van der Waals surface area contributed by atoms with Crippen molar-refractivity contribution in [1.29, 1.82) is 0 Å². The Morgan fingerprint density at radius 1 is 1.50 bits per heavy atom. The van der Waals surface area contributed by atoms with Crippen LogP contribution in [0.3, 0.4) is 0 Å². The molecule has 0 aromatic heterocycles. The molecule has 1 nitrogen and oxygen atoms in total. The third kappa shape index (κ3) is 5.12. The second-order valence-electron chi connectivity index (χ2n) is 5.08.